The summed E-state index contributed by atoms with van der Waals surface area (Å²) in [5.41, 5.74) is -2.00. The Balaban J connectivity index is 1.60. The summed E-state index contributed by atoms with van der Waals surface area (Å²) in [6.07, 6.45) is 0.0958. The SMILES string of the molecule is Cc1nc(NCCc2cccc(C(F)(F)C(C)(C)O)c2F)c2cc3c(cc2n1)OCC(=O)N3C. The van der Waals surface area contributed by atoms with Gasteiger partial charge in [0, 0.05) is 25.0 Å². The number of hydrogen-bond donors (Lipinski definition) is 2. The summed E-state index contributed by atoms with van der Waals surface area (Å²) in [4.78, 5) is 22.3. The second kappa shape index (κ2) is 8.43. The molecule has 3 aromatic rings. The Labute approximate surface area is 194 Å². The van der Waals surface area contributed by atoms with Crippen LogP contribution in [0.1, 0.15) is 30.8 Å². The van der Waals surface area contributed by atoms with E-state index in [2.05, 4.69) is 15.3 Å². The molecule has 0 unspecified atom stereocenters. The lowest BCUT2D eigenvalue weighted by Gasteiger charge is -2.30. The minimum atomic E-state index is -3.76. The molecule has 0 saturated heterocycles. The molecule has 1 aliphatic rings. The van der Waals surface area contributed by atoms with Gasteiger partial charge >= 0.3 is 5.92 Å². The molecule has 1 amide bonds. The largest absolute Gasteiger partial charge is 0.481 e. The Morgan fingerprint density at radius 1 is 1.24 bits per heavy atom. The first-order valence-corrected chi connectivity index (χ1v) is 10.7. The van der Waals surface area contributed by atoms with Crippen LogP contribution in [0.5, 0.6) is 5.75 Å². The van der Waals surface area contributed by atoms with Gasteiger partial charge in [0.05, 0.1) is 16.8 Å². The summed E-state index contributed by atoms with van der Waals surface area (Å²) in [6, 6.07) is 7.23. The molecular formula is C24H25F3N4O3. The molecule has 0 saturated carbocycles. The number of nitrogens with zero attached hydrogens (tertiary/aromatic N) is 3. The summed E-state index contributed by atoms with van der Waals surface area (Å²) in [5.74, 6) is -3.50. The fourth-order valence-corrected chi connectivity index (χ4v) is 3.80. The molecule has 0 spiro atoms. The molecule has 1 aromatic heterocycles. The summed E-state index contributed by atoms with van der Waals surface area (Å²) >= 11 is 0. The van der Waals surface area contributed by atoms with Gasteiger partial charge in [-0.05, 0) is 44.9 Å². The van der Waals surface area contributed by atoms with Crippen molar-refractivity contribution in [2.75, 3.05) is 30.4 Å². The van der Waals surface area contributed by atoms with E-state index in [1.807, 2.05) is 0 Å². The number of benzene rings is 2. The molecule has 2 heterocycles. The molecule has 34 heavy (non-hydrogen) atoms. The van der Waals surface area contributed by atoms with E-state index in [0.717, 1.165) is 19.9 Å². The van der Waals surface area contributed by atoms with Crippen LogP contribution in [0.25, 0.3) is 10.9 Å². The van der Waals surface area contributed by atoms with Gasteiger partial charge in [0.25, 0.3) is 5.91 Å². The predicted molar refractivity (Wildman–Crippen MR) is 122 cm³/mol. The molecule has 0 atom stereocenters. The molecule has 7 nitrogen and oxygen atoms in total. The van der Waals surface area contributed by atoms with E-state index in [0.29, 0.717) is 34.0 Å². The summed E-state index contributed by atoms with van der Waals surface area (Å²) < 4.78 is 49.5. The average molecular weight is 474 g/mol. The third kappa shape index (κ3) is 4.13. The standard InChI is InChI=1S/C24H25F3N4O3/c1-13-29-17-11-19-18(31(4)20(32)12-34-19)10-15(17)22(30-13)28-9-8-14-6-5-7-16(21(14)25)24(26,27)23(2,3)33/h5-7,10-11,33H,8-9,12H2,1-4H3,(H,28,29,30). The number of halogens is 3. The molecule has 0 radical (unpaired) electrons. The van der Waals surface area contributed by atoms with Gasteiger partial charge in [0.15, 0.2) is 6.61 Å². The normalized spacial score (nSPS) is 14.2. The van der Waals surface area contributed by atoms with Gasteiger partial charge in [-0.1, -0.05) is 12.1 Å². The second-order valence-electron chi connectivity index (χ2n) is 8.79. The van der Waals surface area contributed by atoms with Crippen LogP contribution in [0, 0.1) is 12.7 Å². The Bertz CT molecular complexity index is 1270. The smallest absolute Gasteiger partial charge is 0.303 e. The van der Waals surface area contributed by atoms with Gasteiger partial charge in [-0.25, -0.2) is 14.4 Å². The first kappa shape index (κ1) is 23.7. The van der Waals surface area contributed by atoms with Crippen LogP contribution < -0.4 is 15.0 Å². The lowest BCUT2D eigenvalue weighted by Crippen LogP contribution is -2.41. The van der Waals surface area contributed by atoms with Crippen LogP contribution in [0.15, 0.2) is 30.3 Å². The maximum Gasteiger partial charge on any atom is 0.303 e. The number of aromatic nitrogens is 2. The zero-order valence-corrected chi connectivity index (χ0v) is 19.2. The molecular weight excluding hydrogens is 449 g/mol. The molecule has 0 fully saturated rings. The zero-order chi connectivity index (χ0) is 24.8. The fourth-order valence-electron chi connectivity index (χ4n) is 3.80. The number of nitrogens with one attached hydrogen (secondary N) is 1. The molecule has 180 valence electrons. The van der Waals surface area contributed by atoms with E-state index in [4.69, 9.17) is 4.74 Å². The number of carbonyl (C=O) groups is 1. The number of anilines is 2. The van der Waals surface area contributed by atoms with E-state index < -0.39 is 22.9 Å². The fraction of sp³-hybridized carbons (Fsp3) is 0.375. The summed E-state index contributed by atoms with van der Waals surface area (Å²) in [7, 11) is 1.65. The van der Waals surface area contributed by atoms with Crippen LogP contribution in [0.2, 0.25) is 0 Å². The number of hydrogen-bond acceptors (Lipinski definition) is 6. The molecule has 0 aliphatic carbocycles. The maximum atomic E-state index is 14.9. The van der Waals surface area contributed by atoms with Crippen molar-refractivity contribution in [1.82, 2.24) is 9.97 Å². The van der Waals surface area contributed by atoms with Crippen molar-refractivity contribution in [1.29, 1.82) is 0 Å². The highest BCUT2D eigenvalue weighted by Crippen LogP contribution is 2.40. The van der Waals surface area contributed by atoms with Gasteiger partial charge in [-0.3, -0.25) is 4.79 Å². The Hall–Kier alpha value is -3.40. The number of fused-ring (bicyclic) bond motifs is 2. The van der Waals surface area contributed by atoms with Gasteiger partial charge in [-0.2, -0.15) is 8.78 Å². The van der Waals surface area contributed by atoms with Crippen LogP contribution >= 0.6 is 0 Å². The summed E-state index contributed by atoms with van der Waals surface area (Å²) in [6.45, 7) is 3.75. The summed E-state index contributed by atoms with van der Waals surface area (Å²) in [5, 5.41) is 13.6. The quantitative estimate of drug-likeness (QED) is 0.563. The minimum Gasteiger partial charge on any atom is -0.481 e. The molecule has 4 rings (SSSR count). The van der Waals surface area contributed by atoms with Crippen molar-refractivity contribution >= 4 is 28.3 Å². The monoisotopic (exact) mass is 474 g/mol. The van der Waals surface area contributed by atoms with Crippen LogP contribution in [0.3, 0.4) is 0 Å². The number of alkyl halides is 2. The lowest BCUT2D eigenvalue weighted by atomic mass is 9.91. The average Bonchev–Trinajstić information content (AvgIpc) is 2.75. The number of ether oxygens (including phenoxy) is 1. The van der Waals surface area contributed by atoms with Crippen molar-refractivity contribution in [3.8, 4) is 5.75 Å². The number of amides is 1. The molecule has 2 aromatic carbocycles. The molecule has 10 heteroatoms. The van der Waals surface area contributed by atoms with Gasteiger partial charge < -0.3 is 20.1 Å². The first-order chi connectivity index (χ1) is 15.9. The number of rotatable bonds is 6. The van der Waals surface area contributed by atoms with Gasteiger partial charge in [-0.15, -0.1) is 0 Å². The minimum absolute atomic E-state index is 0.0542. The van der Waals surface area contributed by atoms with Crippen molar-refractivity contribution in [2.45, 2.75) is 38.7 Å². The maximum absolute atomic E-state index is 14.9. The van der Waals surface area contributed by atoms with Crippen molar-refractivity contribution in [3.05, 3.63) is 53.1 Å². The lowest BCUT2D eigenvalue weighted by molar-refractivity contribution is -0.170. The van der Waals surface area contributed by atoms with E-state index in [1.165, 1.54) is 17.0 Å². The number of likely N-dealkylation sites (N-methyl/N-ethyl adjacent to an activating group) is 1. The van der Waals surface area contributed by atoms with Crippen molar-refractivity contribution < 1.29 is 27.8 Å². The number of aliphatic hydroxyl groups is 1. The van der Waals surface area contributed by atoms with E-state index >= 15 is 0 Å². The highest BCUT2D eigenvalue weighted by atomic mass is 19.3. The second-order valence-corrected chi connectivity index (χ2v) is 8.79. The van der Waals surface area contributed by atoms with E-state index in [9.17, 15) is 23.1 Å². The van der Waals surface area contributed by atoms with Crippen molar-refractivity contribution in [3.63, 3.8) is 0 Å². The Morgan fingerprint density at radius 3 is 2.68 bits per heavy atom. The van der Waals surface area contributed by atoms with Gasteiger partial charge in [0.2, 0.25) is 0 Å². The zero-order valence-electron chi connectivity index (χ0n) is 19.2. The van der Waals surface area contributed by atoms with Gasteiger partial charge in [0.1, 0.15) is 28.8 Å². The highest BCUT2D eigenvalue weighted by Gasteiger charge is 2.48. The van der Waals surface area contributed by atoms with Crippen molar-refractivity contribution in [2.24, 2.45) is 0 Å². The van der Waals surface area contributed by atoms with E-state index in [1.54, 1.807) is 26.1 Å². The third-order valence-electron chi connectivity index (χ3n) is 5.85. The first-order valence-electron chi connectivity index (χ1n) is 10.7. The van der Waals surface area contributed by atoms with Crippen LogP contribution in [-0.4, -0.2) is 46.8 Å². The molecule has 1 aliphatic heterocycles. The van der Waals surface area contributed by atoms with E-state index in [-0.39, 0.29) is 31.0 Å². The number of aryl methyl sites for hydroxylation is 1. The Morgan fingerprint density at radius 2 is 1.97 bits per heavy atom. The topological polar surface area (TPSA) is 87.6 Å². The number of carbonyl (C=O) groups excluding carboxylic acids is 1. The third-order valence-corrected chi connectivity index (χ3v) is 5.85. The highest BCUT2D eigenvalue weighted by molar-refractivity contribution is 6.02. The Kier molecular flexibility index (Phi) is 5.89. The molecule has 0 bridgehead atoms. The predicted octanol–water partition coefficient (Wildman–Crippen LogP) is 3.95. The molecule has 2 N–H and O–H groups in total. The van der Waals surface area contributed by atoms with Crippen LogP contribution in [0.4, 0.5) is 24.7 Å². The van der Waals surface area contributed by atoms with Crippen LogP contribution in [-0.2, 0) is 17.1 Å².